The van der Waals surface area contributed by atoms with Gasteiger partial charge in [-0.3, -0.25) is 0 Å². The van der Waals surface area contributed by atoms with Crippen LogP contribution in [0.3, 0.4) is 0 Å². The first-order valence-electron chi connectivity index (χ1n) is 3.18. The van der Waals surface area contributed by atoms with Gasteiger partial charge in [0, 0.05) is 0 Å². The number of carbonyl (C=O) groups is 2. The molecule has 50 valence electrons. The van der Waals surface area contributed by atoms with Gasteiger partial charge in [-0.1, -0.05) is 0 Å². The smallest absolute Gasteiger partial charge is 0.230 e. The molecule has 1 N–H and O–H groups in total. The van der Waals surface area contributed by atoms with Crippen LogP contribution in [-0.4, -0.2) is 18.4 Å². The first-order chi connectivity index (χ1) is 4.25. The molecule has 1 saturated heterocycles. The molecular weight excluding hydrogens is 118 g/mol. The van der Waals surface area contributed by atoms with Gasteiger partial charge in [-0.2, -0.15) is 0 Å². The number of rotatable bonds is 1. The molecule has 0 unspecified atom stereocenters. The minimum atomic E-state index is 0.0579. The number of hydrogen-bond acceptors (Lipinski definition) is 2. The van der Waals surface area contributed by atoms with Crippen LogP contribution in [0.1, 0.15) is 19.8 Å². The molecule has 0 aliphatic carbocycles. The topological polar surface area (TPSA) is 38.6 Å². The zero-order valence-corrected chi connectivity index (χ0v) is 5.44. The van der Waals surface area contributed by atoms with Crippen LogP contribution in [0.2, 0.25) is 0 Å². The Kier molecular flexibility index (Phi) is 1.62. The molecule has 9 heavy (non-hydrogen) atoms. The third kappa shape index (κ3) is 1.00. The summed E-state index contributed by atoms with van der Waals surface area (Å²) in [6.45, 7) is 2.45. The van der Waals surface area contributed by atoms with E-state index in [2.05, 4.69) is 0 Å². The molecule has 0 radical (unpaired) electrons. The number of carbonyl (C=O) groups excluding carboxylic acids is 2. The van der Waals surface area contributed by atoms with Crippen molar-refractivity contribution in [1.82, 2.24) is 0 Å². The molecule has 1 aliphatic heterocycles. The number of likely N-dealkylation sites (tertiary alicyclic amines) is 1. The highest BCUT2D eigenvalue weighted by atomic mass is 16.2. The quantitative estimate of drug-likeness (QED) is 0.447. The Morgan fingerprint density at radius 1 is 1.33 bits per heavy atom. The summed E-state index contributed by atoms with van der Waals surface area (Å²) < 4.78 is 0. The van der Waals surface area contributed by atoms with Gasteiger partial charge in [-0.15, -0.1) is 0 Å². The van der Waals surface area contributed by atoms with Crippen molar-refractivity contribution >= 4 is 11.8 Å². The average molecular weight is 128 g/mol. The summed E-state index contributed by atoms with van der Waals surface area (Å²) in [7, 11) is 0. The molecule has 0 aromatic rings. The van der Waals surface area contributed by atoms with Crippen LogP contribution in [0.25, 0.3) is 0 Å². The van der Waals surface area contributed by atoms with Crippen molar-refractivity contribution in [2.45, 2.75) is 19.8 Å². The van der Waals surface area contributed by atoms with Crippen LogP contribution in [0.15, 0.2) is 0 Å². The number of hydrogen-bond donors (Lipinski definition) is 1. The molecule has 1 fully saturated rings. The van der Waals surface area contributed by atoms with Crippen molar-refractivity contribution in [2.24, 2.45) is 0 Å². The van der Waals surface area contributed by atoms with Crippen molar-refractivity contribution in [1.29, 1.82) is 0 Å². The lowest BCUT2D eigenvalue weighted by atomic mass is 10.4. The van der Waals surface area contributed by atoms with Gasteiger partial charge in [-0.05, 0) is 6.92 Å². The van der Waals surface area contributed by atoms with Gasteiger partial charge in [0.1, 0.15) is 0 Å². The Labute approximate surface area is 53.6 Å². The van der Waals surface area contributed by atoms with Crippen molar-refractivity contribution < 1.29 is 14.5 Å². The maximum atomic E-state index is 10.8. The van der Waals surface area contributed by atoms with E-state index in [1.165, 1.54) is 0 Å². The fraction of sp³-hybridized carbons (Fsp3) is 0.667. The number of quaternary nitrogens is 1. The monoisotopic (exact) mass is 128 g/mol. The van der Waals surface area contributed by atoms with Gasteiger partial charge in [0.2, 0.25) is 0 Å². The van der Waals surface area contributed by atoms with Crippen LogP contribution in [0.4, 0.5) is 0 Å². The average Bonchev–Trinajstić information content (AvgIpc) is 2.12. The van der Waals surface area contributed by atoms with Gasteiger partial charge in [-0.25, -0.2) is 14.5 Å². The largest absolute Gasteiger partial charge is 0.320 e. The number of amides is 2. The highest BCUT2D eigenvalue weighted by Gasteiger charge is 2.33. The maximum Gasteiger partial charge on any atom is 0.320 e. The number of imide groups is 1. The third-order valence-corrected chi connectivity index (χ3v) is 1.61. The second kappa shape index (κ2) is 2.27. The molecule has 1 heterocycles. The molecule has 3 heteroatoms. The Morgan fingerprint density at radius 2 is 1.78 bits per heavy atom. The Balaban J connectivity index is 2.66. The fourth-order valence-corrected chi connectivity index (χ4v) is 1.08. The van der Waals surface area contributed by atoms with E-state index in [9.17, 15) is 9.59 Å². The van der Waals surface area contributed by atoms with E-state index in [0.29, 0.717) is 24.3 Å². The minimum Gasteiger partial charge on any atom is -0.230 e. The van der Waals surface area contributed by atoms with Crippen LogP contribution in [0.5, 0.6) is 0 Å². The lowest BCUT2D eigenvalue weighted by molar-refractivity contribution is -0.729. The Morgan fingerprint density at radius 3 is 2.00 bits per heavy atom. The lowest BCUT2D eigenvalue weighted by Crippen LogP contribution is -3.14. The van der Waals surface area contributed by atoms with Crippen LogP contribution < -0.4 is 4.90 Å². The normalized spacial score (nSPS) is 21.4. The fourth-order valence-electron chi connectivity index (χ4n) is 1.08. The van der Waals surface area contributed by atoms with E-state index in [1.54, 1.807) is 0 Å². The zero-order chi connectivity index (χ0) is 6.85. The maximum absolute atomic E-state index is 10.8. The summed E-state index contributed by atoms with van der Waals surface area (Å²) in [6.07, 6.45) is 0.893. The van der Waals surface area contributed by atoms with Gasteiger partial charge < -0.3 is 0 Å². The SMILES string of the molecule is CC[NH+]1C(=O)CCC1=O. The zero-order valence-electron chi connectivity index (χ0n) is 5.44. The van der Waals surface area contributed by atoms with Crippen LogP contribution >= 0.6 is 0 Å². The van der Waals surface area contributed by atoms with Gasteiger partial charge >= 0.3 is 11.8 Å². The molecule has 0 atom stereocenters. The lowest BCUT2D eigenvalue weighted by Gasteiger charge is -2.00. The molecule has 0 saturated carbocycles. The summed E-state index contributed by atoms with van der Waals surface area (Å²) in [5.41, 5.74) is 0. The molecule has 0 aromatic carbocycles. The predicted octanol–water partition coefficient (Wildman–Crippen LogP) is -1.26. The highest BCUT2D eigenvalue weighted by molar-refractivity contribution is 5.88. The van der Waals surface area contributed by atoms with E-state index in [-0.39, 0.29) is 11.8 Å². The molecule has 0 spiro atoms. The molecule has 0 bridgehead atoms. The van der Waals surface area contributed by atoms with Crippen molar-refractivity contribution in [3.05, 3.63) is 0 Å². The Bertz CT molecular complexity index is 137. The summed E-state index contributed by atoms with van der Waals surface area (Å²) in [5, 5.41) is 0. The van der Waals surface area contributed by atoms with Crippen molar-refractivity contribution in [3.63, 3.8) is 0 Å². The summed E-state index contributed by atoms with van der Waals surface area (Å²) in [5.74, 6) is 0.116. The van der Waals surface area contributed by atoms with E-state index >= 15 is 0 Å². The number of nitrogens with one attached hydrogen (secondary N) is 1. The van der Waals surface area contributed by atoms with E-state index in [4.69, 9.17) is 0 Å². The van der Waals surface area contributed by atoms with Crippen molar-refractivity contribution in [2.75, 3.05) is 6.54 Å². The summed E-state index contributed by atoms with van der Waals surface area (Å²) in [6, 6.07) is 0. The molecule has 2 amide bonds. The second-order valence-electron chi connectivity index (χ2n) is 2.18. The molecule has 0 aromatic heterocycles. The minimum absolute atomic E-state index is 0.0579. The van der Waals surface area contributed by atoms with Gasteiger partial charge in [0.05, 0.1) is 19.4 Å². The summed E-state index contributed by atoms with van der Waals surface area (Å²) in [4.78, 5) is 22.0. The van der Waals surface area contributed by atoms with E-state index in [1.807, 2.05) is 6.92 Å². The van der Waals surface area contributed by atoms with E-state index in [0.717, 1.165) is 0 Å². The predicted molar refractivity (Wildman–Crippen MR) is 30.8 cm³/mol. The summed E-state index contributed by atoms with van der Waals surface area (Å²) >= 11 is 0. The van der Waals surface area contributed by atoms with Crippen LogP contribution in [0, 0.1) is 0 Å². The first kappa shape index (κ1) is 6.42. The van der Waals surface area contributed by atoms with E-state index < -0.39 is 0 Å². The first-order valence-corrected chi connectivity index (χ1v) is 3.18. The van der Waals surface area contributed by atoms with Crippen LogP contribution in [-0.2, 0) is 9.59 Å². The van der Waals surface area contributed by atoms with Gasteiger partial charge in [0.25, 0.3) is 0 Å². The highest BCUT2D eigenvalue weighted by Crippen LogP contribution is 1.91. The van der Waals surface area contributed by atoms with Crippen molar-refractivity contribution in [3.8, 4) is 0 Å². The van der Waals surface area contributed by atoms with Gasteiger partial charge in [0.15, 0.2) is 0 Å². The standard InChI is InChI=1S/C6H9NO2/c1-2-7-5(8)3-4-6(7)9/h2-4H2,1H3/p+1. The molecular formula is C6H10NO2+. The molecule has 1 aliphatic rings. The third-order valence-electron chi connectivity index (χ3n) is 1.61. The Hall–Kier alpha value is -0.700. The second-order valence-corrected chi connectivity index (χ2v) is 2.18. The molecule has 1 rings (SSSR count). The molecule has 3 nitrogen and oxygen atoms in total.